The molecular formula is C4H4INO. The van der Waals surface area contributed by atoms with Crippen LogP contribution in [-0.4, -0.2) is 10.2 Å². The molecule has 0 unspecified atom stereocenters. The Hall–Kier alpha value is -0.110. The lowest BCUT2D eigenvalue weighted by atomic mass is 10.3. The van der Waals surface area contributed by atoms with E-state index in [-0.39, 0.29) is 12.2 Å². The van der Waals surface area contributed by atoms with Gasteiger partial charge in [-0.05, 0) is 0 Å². The van der Waals surface area contributed by atoms with E-state index in [0.29, 0.717) is 4.43 Å². The smallest absolute Gasteiger partial charge is 0.156 e. The normalized spacial score (nSPS) is 7.43. The summed E-state index contributed by atoms with van der Waals surface area (Å²) in [7, 11) is 0. The number of ketones is 1. The van der Waals surface area contributed by atoms with Crippen molar-refractivity contribution in [3.63, 3.8) is 0 Å². The van der Waals surface area contributed by atoms with E-state index < -0.39 is 0 Å². The van der Waals surface area contributed by atoms with E-state index in [4.69, 9.17) is 5.26 Å². The molecule has 0 N–H and O–H groups in total. The number of halogens is 1. The zero-order valence-electron chi connectivity index (χ0n) is 3.65. The van der Waals surface area contributed by atoms with E-state index in [1.807, 2.05) is 22.6 Å². The second-order valence-corrected chi connectivity index (χ2v) is 1.77. The number of alkyl halides is 1. The van der Waals surface area contributed by atoms with Crippen LogP contribution in [0.2, 0.25) is 0 Å². The summed E-state index contributed by atoms with van der Waals surface area (Å²) in [5.41, 5.74) is 0. The van der Waals surface area contributed by atoms with Crippen molar-refractivity contribution in [2.45, 2.75) is 6.42 Å². The molecule has 0 saturated heterocycles. The number of carbonyl (C=O) groups excluding carboxylic acids is 1. The van der Waals surface area contributed by atoms with E-state index in [0.717, 1.165) is 0 Å². The highest BCUT2D eigenvalue weighted by Crippen LogP contribution is 1.86. The first-order valence-corrected chi connectivity index (χ1v) is 3.28. The van der Waals surface area contributed by atoms with Gasteiger partial charge in [0.1, 0.15) is 0 Å². The van der Waals surface area contributed by atoms with Crippen LogP contribution in [0.1, 0.15) is 6.42 Å². The summed E-state index contributed by atoms with van der Waals surface area (Å²) in [6, 6.07) is 1.76. The van der Waals surface area contributed by atoms with Gasteiger partial charge >= 0.3 is 0 Å². The SMILES string of the molecule is N#CCC(=O)CI. The van der Waals surface area contributed by atoms with E-state index in [1.165, 1.54) is 0 Å². The Bertz CT molecular complexity index is 105. The number of carbonyl (C=O) groups is 1. The third kappa shape index (κ3) is 3.73. The Balaban J connectivity index is 3.23. The van der Waals surface area contributed by atoms with Crippen LogP contribution in [0.15, 0.2) is 0 Å². The van der Waals surface area contributed by atoms with Crippen LogP contribution in [0.3, 0.4) is 0 Å². The quantitative estimate of drug-likeness (QED) is 0.500. The van der Waals surface area contributed by atoms with Gasteiger partial charge < -0.3 is 0 Å². The first-order chi connectivity index (χ1) is 3.31. The third-order valence-corrected chi connectivity index (χ3v) is 1.28. The van der Waals surface area contributed by atoms with E-state index in [2.05, 4.69) is 0 Å². The van der Waals surface area contributed by atoms with Crippen LogP contribution < -0.4 is 0 Å². The van der Waals surface area contributed by atoms with Gasteiger partial charge in [0.15, 0.2) is 5.78 Å². The zero-order valence-corrected chi connectivity index (χ0v) is 5.81. The molecule has 0 fully saturated rings. The molecule has 0 spiro atoms. The highest BCUT2D eigenvalue weighted by atomic mass is 127. The minimum atomic E-state index is 0.00287. The van der Waals surface area contributed by atoms with Crippen molar-refractivity contribution < 1.29 is 4.79 Å². The summed E-state index contributed by atoms with van der Waals surface area (Å²) >= 11 is 1.94. The second-order valence-electron chi connectivity index (χ2n) is 1.01. The Labute approximate surface area is 55.7 Å². The molecule has 0 rings (SSSR count). The lowest BCUT2D eigenvalue weighted by molar-refractivity contribution is -0.115. The summed E-state index contributed by atoms with van der Waals surface area (Å²) < 4.78 is 0.450. The van der Waals surface area contributed by atoms with Crippen LogP contribution >= 0.6 is 22.6 Å². The predicted molar refractivity (Wildman–Crippen MR) is 34.1 cm³/mol. The fourth-order valence-corrected chi connectivity index (χ4v) is 0.405. The molecule has 0 amide bonds. The maximum Gasteiger partial charge on any atom is 0.156 e. The molecule has 2 nitrogen and oxygen atoms in total. The Morgan fingerprint density at radius 3 is 2.57 bits per heavy atom. The molecule has 0 aliphatic carbocycles. The van der Waals surface area contributed by atoms with Gasteiger partial charge in [0.25, 0.3) is 0 Å². The summed E-state index contributed by atoms with van der Waals surface area (Å²) in [6.07, 6.45) is 0.0585. The minimum Gasteiger partial charge on any atom is -0.298 e. The van der Waals surface area contributed by atoms with Crippen LogP contribution in [-0.2, 0) is 4.79 Å². The average molecular weight is 209 g/mol. The lowest BCUT2D eigenvalue weighted by Crippen LogP contribution is -1.94. The van der Waals surface area contributed by atoms with E-state index in [9.17, 15) is 4.79 Å². The van der Waals surface area contributed by atoms with Crippen molar-refractivity contribution in [3.05, 3.63) is 0 Å². The van der Waals surface area contributed by atoms with Gasteiger partial charge in [-0.1, -0.05) is 22.6 Å². The Morgan fingerprint density at radius 2 is 2.43 bits per heavy atom. The number of rotatable bonds is 2. The predicted octanol–water partition coefficient (Wildman–Crippen LogP) is 0.904. The number of nitrogens with zero attached hydrogens (tertiary/aromatic N) is 1. The molecule has 0 atom stereocenters. The van der Waals surface area contributed by atoms with E-state index >= 15 is 0 Å². The monoisotopic (exact) mass is 209 g/mol. The molecule has 3 heteroatoms. The molecule has 0 aromatic heterocycles. The Morgan fingerprint density at radius 1 is 1.86 bits per heavy atom. The number of nitriles is 1. The van der Waals surface area contributed by atoms with Crippen LogP contribution in [0, 0.1) is 11.3 Å². The molecule has 0 aromatic carbocycles. The van der Waals surface area contributed by atoms with Gasteiger partial charge in [0.2, 0.25) is 0 Å². The molecule has 0 aromatic rings. The first-order valence-electron chi connectivity index (χ1n) is 1.76. The standard InChI is InChI=1S/C4H4INO/c5-3-4(7)1-2-6/h1,3H2. The highest BCUT2D eigenvalue weighted by molar-refractivity contribution is 14.1. The molecule has 7 heavy (non-hydrogen) atoms. The number of hydrogen-bond acceptors (Lipinski definition) is 2. The van der Waals surface area contributed by atoms with Crippen molar-refractivity contribution in [3.8, 4) is 6.07 Å². The average Bonchev–Trinajstić information content (AvgIpc) is 1.68. The molecule has 0 saturated carbocycles. The van der Waals surface area contributed by atoms with Gasteiger partial charge in [0.05, 0.1) is 16.9 Å². The molecule has 0 bridgehead atoms. The first kappa shape index (κ1) is 6.89. The fraction of sp³-hybridized carbons (Fsp3) is 0.500. The second kappa shape index (κ2) is 4.06. The summed E-state index contributed by atoms with van der Waals surface area (Å²) in [5, 5.41) is 7.89. The van der Waals surface area contributed by atoms with Crippen molar-refractivity contribution in [1.29, 1.82) is 5.26 Å². The topological polar surface area (TPSA) is 40.9 Å². The summed E-state index contributed by atoms with van der Waals surface area (Å²) in [4.78, 5) is 10.2. The van der Waals surface area contributed by atoms with Crippen LogP contribution in [0.25, 0.3) is 0 Å². The zero-order chi connectivity index (χ0) is 5.70. The van der Waals surface area contributed by atoms with Crippen LogP contribution in [0.4, 0.5) is 0 Å². The van der Waals surface area contributed by atoms with Gasteiger partial charge in [0, 0.05) is 0 Å². The summed E-state index contributed by atoms with van der Waals surface area (Å²) in [6.45, 7) is 0. The summed E-state index contributed by atoms with van der Waals surface area (Å²) in [5.74, 6) is 0.00287. The number of Topliss-reactive ketones (excluding diaryl/α,β-unsaturated/α-hetero) is 1. The Kier molecular flexibility index (Phi) is 4.00. The van der Waals surface area contributed by atoms with Crippen molar-refractivity contribution in [2.24, 2.45) is 0 Å². The molecule has 38 valence electrons. The van der Waals surface area contributed by atoms with Gasteiger partial charge in [-0.15, -0.1) is 0 Å². The van der Waals surface area contributed by atoms with Crippen molar-refractivity contribution in [2.75, 3.05) is 4.43 Å². The number of hydrogen-bond donors (Lipinski definition) is 0. The van der Waals surface area contributed by atoms with Gasteiger partial charge in [-0.25, -0.2) is 0 Å². The van der Waals surface area contributed by atoms with Crippen molar-refractivity contribution >= 4 is 28.4 Å². The largest absolute Gasteiger partial charge is 0.298 e. The molecular weight excluding hydrogens is 205 g/mol. The van der Waals surface area contributed by atoms with Gasteiger partial charge in [-0.3, -0.25) is 4.79 Å². The minimum absolute atomic E-state index is 0.00287. The fourth-order valence-electron chi connectivity index (χ4n) is 0.135. The lowest BCUT2D eigenvalue weighted by Gasteiger charge is -1.78. The molecule has 0 aliphatic heterocycles. The highest BCUT2D eigenvalue weighted by Gasteiger charge is 1.93. The maximum absolute atomic E-state index is 10.2. The van der Waals surface area contributed by atoms with Gasteiger partial charge in [-0.2, -0.15) is 5.26 Å². The molecule has 0 heterocycles. The van der Waals surface area contributed by atoms with Crippen LogP contribution in [0.5, 0.6) is 0 Å². The molecule has 0 radical (unpaired) electrons. The van der Waals surface area contributed by atoms with Crippen molar-refractivity contribution in [1.82, 2.24) is 0 Å². The third-order valence-electron chi connectivity index (χ3n) is 0.425. The molecule has 0 aliphatic rings. The maximum atomic E-state index is 10.2. The van der Waals surface area contributed by atoms with E-state index in [1.54, 1.807) is 6.07 Å².